The molecule has 1 N–H and O–H groups in total. The van der Waals surface area contributed by atoms with Gasteiger partial charge >= 0.3 is 0 Å². The van der Waals surface area contributed by atoms with E-state index in [0.29, 0.717) is 13.0 Å². The zero-order valence-electron chi connectivity index (χ0n) is 13.5. The third-order valence-electron chi connectivity index (χ3n) is 3.89. The summed E-state index contributed by atoms with van der Waals surface area (Å²) in [7, 11) is 1.64. The largest absolute Gasteiger partial charge is 0.497 e. The van der Waals surface area contributed by atoms with E-state index in [1.165, 1.54) is 4.88 Å². The van der Waals surface area contributed by atoms with Crippen molar-refractivity contribution in [1.29, 1.82) is 0 Å². The van der Waals surface area contributed by atoms with Gasteiger partial charge in [0.05, 0.1) is 19.6 Å². The minimum atomic E-state index is 0.0378. The topological polar surface area (TPSA) is 43.3 Å². The molecule has 0 saturated carbocycles. The summed E-state index contributed by atoms with van der Waals surface area (Å²) < 4.78 is 7.22. The van der Waals surface area contributed by atoms with Gasteiger partial charge in [-0.2, -0.15) is 0 Å². The Balaban J connectivity index is 1.61. The molecule has 1 aromatic carbocycles. The maximum Gasteiger partial charge on any atom is 0.222 e. The molecular weight excluding hydrogens is 320 g/mol. The van der Waals surface area contributed by atoms with E-state index in [1.807, 2.05) is 60.2 Å². The van der Waals surface area contributed by atoms with Gasteiger partial charge in [0.2, 0.25) is 5.91 Å². The molecule has 2 aromatic heterocycles. The van der Waals surface area contributed by atoms with Gasteiger partial charge in [0.1, 0.15) is 5.75 Å². The molecule has 0 aliphatic heterocycles. The van der Waals surface area contributed by atoms with Crippen LogP contribution in [0.15, 0.2) is 66.3 Å². The molecule has 0 aliphatic carbocycles. The number of carbonyl (C=O) groups excluding carboxylic acids is 1. The Kier molecular flexibility index (Phi) is 5.33. The van der Waals surface area contributed by atoms with E-state index in [-0.39, 0.29) is 11.9 Å². The predicted molar refractivity (Wildman–Crippen MR) is 96.3 cm³/mol. The van der Waals surface area contributed by atoms with Crippen molar-refractivity contribution in [2.75, 3.05) is 7.11 Å². The van der Waals surface area contributed by atoms with Crippen molar-refractivity contribution in [1.82, 2.24) is 9.88 Å². The van der Waals surface area contributed by atoms with E-state index in [9.17, 15) is 4.79 Å². The first-order valence-electron chi connectivity index (χ1n) is 7.82. The maximum atomic E-state index is 12.4. The van der Waals surface area contributed by atoms with Gasteiger partial charge in [-0.15, -0.1) is 11.3 Å². The second-order valence-electron chi connectivity index (χ2n) is 5.49. The number of rotatable bonds is 7. The highest BCUT2D eigenvalue weighted by Crippen LogP contribution is 2.26. The molecule has 0 aliphatic rings. The molecule has 1 unspecified atom stereocenters. The molecule has 4 nitrogen and oxygen atoms in total. The summed E-state index contributed by atoms with van der Waals surface area (Å²) in [6, 6.07) is 15.8. The number of nitrogens with zero attached hydrogens (tertiary/aromatic N) is 1. The van der Waals surface area contributed by atoms with Crippen molar-refractivity contribution < 1.29 is 9.53 Å². The molecule has 1 atom stereocenters. The standard InChI is InChI=1S/C19H20N2O2S/c1-23-16-8-6-15(7-9-16)14-20-19(22)13-17(18-5-4-12-24-18)21-10-2-3-11-21/h2-12,17H,13-14H2,1H3,(H,20,22). The highest BCUT2D eigenvalue weighted by atomic mass is 32.1. The number of hydrogen-bond donors (Lipinski definition) is 1. The van der Waals surface area contributed by atoms with Crippen molar-refractivity contribution in [2.24, 2.45) is 0 Å². The number of thiophene rings is 1. The van der Waals surface area contributed by atoms with E-state index in [0.717, 1.165) is 11.3 Å². The van der Waals surface area contributed by atoms with Gasteiger partial charge in [0, 0.05) is 23.8 Å². The first-order valence-corrected chi connectivity index (χ1v) is 8.69. The zero-order valence-corrected chi connectivity index (χ0v) is 14.3. The quantitative estimate of drug-likeness (QED) is 0.710. The lowest BCUT2D eigenvalue weighted by atomic mass is 10.1. The Morgan fingerprint density at radius 1 is 1.17 bits per heavy atom. The number of amides is 1. The van der Waals surface area contributed by atoms with Crippen LogP contribution in [0, 0.1) is 0 Å². The minimum Gasteiger partial charge on any atom is -0.497 e. The van der Waals surface area contributed by atoms with Crippen LogP contribution >= 0.6 is 11.3 Å². The van der Waals surface area contributed by atoms with Crippen LogP contribution < -0.4 is 10.1 Å². The number of aromatic nitrogens is 1. The summed E-state index contributed by atoms with van der Waals surface area (Å²) in [4.78, 5) is 13.6. The normalized spacial score (nSPS) is 11.9. The van der Waals surface area contributed by atoms with Gasteiger partial charge in [0.25, 0.3) is 0 Å². The number of hydrogen-bond acceptors (Lipinski definition) is 3. The Hall–Kier alpha value is -2.53. The van der Waals surface area contributed by atoms with Crippen LogP contribution in [0.25, 0.3) is 0 Å². The van der Waals surface area contributed by atoms with Crippen LogP contribution in [0.3, 0.4) is 0 Å². The van der Waals surface area contributed by atoms with Crippen LogP contribution in [-0.4, -0.2) is 17.6 Å². The molecule has 2 heterocycles. The fourth-order valence-corrected chi connectivity index (χ4v) is 3.41. The van der Waals surface area contributed by atoms with Gasteiger partial charge in [-0.1, -0.05) is 18.2 Å². The van der Waals surface area contributed by atoms with Crippen LogP contribution in [0.2, 0.25) is 0 Å². The van der Waals surface area contributed by atoms with Crippen LogP contribution in [-0.2, 0) is 11.3 Å². The SMILES string of the molecule is COc1ccc(CNC(=O)CC(c2cccs2)n2cccc2)cc1. The highest BCUT2D eigenvalue weighted by Gasteiger charge is 2.18. The van der Waals surface area contributed by atoms with Crippen LogP contribution in [0.1, 0.15) is 22.9 Å². The summed E-state index contributed by atoms with van der Waals surface area (Å²) in [5.74, 6) is 0.855. The summed E-state index contributed by atoms with van der Waals surface area (Å²) in [5, 5.41) is 5.05. The van der Waals surface area contributed by atoms with Gasteiger partial charge < -0.3 is 14.6 Å². The van der Waals surface area contributed by atoms with Gasteiger partial charge in [-0.05, 0) is 41.3 Å². The molecule has 0 radical (unpaired) electrons. The van der Waals surface area contributed by atoms with E-state index in [2.05, 4.69) is 16.0 Å². The van der Waals surface area contributed by atoms with E-state index in [1.54, 1.807) is 18.4 Å². The number of carbonyl (C=O) groups is 1. The first kappa shape index (κ1) is 16.3. The lowest BCUT2D eigenvalue weighted by Crippen LogP contribution is -2.26. The summed E-state index contributed by atoms with van der Waals surface area (Å²) >= 11 is 1.68. The van der Waals surface area contributed by atoms with Crippen molar-refractivity contribution in [3.8, 4) is 5.75 Å². The minimum absolute atomic E-state index is 0.0378. The average Bonchev–Trinajstić information content (AvgIpc) is 3.32. The molecule has 24 heavy (non-hydrogen) atoms. The van der Waals surface area contributed by atoms with Crippen LogP contribution in [0.5, 0.6) is 5.75 Å². The number of methoxy groups -OCH3 is 1. The lowest BCUT2D eigenvalue weighted by molar-refractivity contribution is -0.121. The smallest absolute Gasteiger partial charge is 0.222 e. The number of nitrogens with one attached hydrogen (secondary N) is 1. The summed E-state index contributed by atoms with van der Waals surface area (Å²) in [5.41, 5.74) is 1.05. The molecule has 3 rings (SSSR count). The Bertz CT molecular complexity index is 715. The van der Waals surface area contributed by atoms with Crippen molar-refractivity contribution in [2.45, 2.75) is 19.0 Å². The van der Waals surface area contributed by atoms with Crippen molar-refractivity contribution in [3.63, 3.8) is 0 Å². The predicted octanol–water partition coefficient (Wildman–Crippen LogP) is 3.85. The van der Waals surface area contributed by atoms with Gasteiger partial charge in [-0.25, -0.2) is 0 Å². The van der Waals surface area contributed by atoms with E-state index in [4.69, 9.17) is 4.74 Å². The monoisotopic (exact) mass is 340 g/mol. The van der Waals surface area contributed by atoms with Gasteiger partial charge in [-0.3, -0.25) is 4.79 Å². The molecule has 0 bridgehead atoms. The molecule has 5 heteroatoms. The van der Waals surface area contributed by atoms with Crippen molar-refractivity contribution >= 4 is 17.2 Å². The average molecular weight is 340 g/mol. The van der Waals surface area contributed by atoms with E-state index >= 15 is 0 Å². The molecular formula is C19H20N2O2S. The molecule has 0 saturated heterocycles. The summed E-state index contributed by atoms with van der Waals surface area (Å²) in [6.07, 6.45) is 4.42. The van der Waals surface area contributed by atoms with Crippen LogP contribution in [0.4, 0.5) is 0 Å². The Morgan fingerprint density at radius 3 is 2.54 bits per heavy atom. The maximum absolute atomic E-state index is 12.4. The third-order valence-corrected chi connectivity index (χ3v) is 4.86. The summed E-state index contributed by atoms with van der Waals surface area (Å²) in [6.45, 7) is 0.520. The molecule has 3 aromatic rings. The first-order chi connectivity index (χ1) is 11.8. The number of benzene rings is 1. The third kappa shape index (κ3) is 4.06. The second kappa shape index (κ2) is 7.84. The molecule has 0 spiro atoms. The highest BCUT2D eigenvalue weighted by molar-refractivity contribution is 7.10. The Labute approximate surface area is 145 Å². The Morgan fingerprint density at radius 2 is 1.92 bits per heavy atom. The van der Waals surface area contributed by atoms with Gasteiger partial charge in [0.15, 0.2) is 0 Å². The molecule has 0 fully saturated rings. The number of ether oxygens (including phenoxy) is 1. The second-order valence-corrected chi connectivity index (χ2v) is 6.47. The van der Waals surface area contributed by atoms with Crippen molar-refractivity contribution in [3.05, 3.63) is 76.7 Å². The fraction of sp³-hybridized carbons (Fsp3) is 0.211. The van der Waals surface area contributed by atoms with E-state index < -0.39 is 0 Å². The molecule has 124 valence electrons. The lowest BCUT2D eigenvalue weighted by Gasteiger charge is -2.17. The molecule has 1 amide bonds. The fourth-order valence-electron chi connectivity index (χ4n) is 2.58. The zero-order chi connectivity index (χ0) is 16.8.